The van der Waals surface area contributed by atoms with Crippen LogP contribution in [0.5, 0.6) is 0 Å². The Bertz CT molecular complexity index is 939. The minimum atomic E-state index is -0.123. The van der Waals surface area contributed by atoms with Gasteiger partial charge in [0.25, 0.3) is 5.91 Å². The van der Waals surface area contributed by atoms with Crippen molar-refractivity contribution in [2.75, 3.05) is 13.1 Å². The zero-order valence-electron chi connectivity index (χ0n) is 14.5. The molecule has 1 aliphatic heterocycles. The van der Waals surface area contributed by atoms with Gasteiger partial charge in [0.1, 0.15) is 5.82 Å². The number of carbonyl (C=O) groups excluding carboxylic acids is 1. The molecule has 0 radical (unpaired) electrons. The molecule has 3 aromatic rings. The van der Waals surface area contributed by atoms with E-state index in [9.17, 15) is 4.79 Å². The highest BCUT2D eigenvalue weighted by molar-refractivity contribution is 5.94. The summed E-state index contributed by atoms with van der Waals surface area (Å²) in [7, 11) is 0. The number of aryl methyl sites for hydroxylation is 2. The van der Waals surface area contributed by atoms with E-state index in [0.29, 0.717) is 18.7 Å². The maximum Gasteiger partial charge on any atom is 0.272 e. The number of fused-ring (bicyclic) bond motifs is 2. The SMILES string of the molecule is Cc1ccc2[nH]c(CCNC(=O)c3n[nH]c4c3CCNC4)nc2c1C. The fourth-order valence-corrected chi connectivity index (χ4v) is 3.29. The van der Waals surface area contributed by atoms with Crippen LogP contribution < -0.4 is 10.6 Å². The molecule has 0 unspecified atom stereocenters. The molecule has 0 saturated carbocycles. The zero-order chi connectivity index (χ0) is 17.4. The van der Waals surface area contributed by atoms with Crippen molar-refractivity contribution in [3.63, 3.8) is 0 Å². The van der Waals surface area contributed by atoms with Crippen LogP contribution in [-0.2, 0) is 19.4 Å². The van der Waals surface area contributed by atoms with Crippen molar-refractivity contribution in [1.82, 2.24) is 30.8 Å². The van der Waals surface area contributed by atoms with E-state index < -0.39 is 0 Å². The van der Waals surface area contributed by atoms with Crippen LogP contribution in [0.2, 0.25) is 0 Å². The molecule has 130 valence electrons. The molecule has 0 atom stereocenters. The molecule has 0 spiro atoms. The van der Waals surface area contributed by atoms with Gasteiger partial charge in [-0.1, -0.05) is 6.07 Å². The Morgan fingerprint density at radius 1 is 1.32 bits per heavy atom. The number of hydrogen-bond acceptors (Lipinski definition) is 4. The number of benzene rings is 1. The topological polar surface area (TPSA) is 98.5 Å². The summed E-state index contributed by atoms with van der Waals surface area (Å²) in [5, 5.41) is 13.3. The summed E-state index contributed by atoms with van der Waals surface area (Å²) in [6.07, 6.45) is 1.49. The average molecular weight is 338 g/mol. The highest BCUT2D eigenvalue weighted by Crippen LogP contribution is 2.19. The third kappa shape index (κ3) is 2.91. The Balaban J connectivity index is 1.41. The molecule has 25 heavy (non-hydrogen) atoms. The van der Waals surface area contributed by atoms with Crippen molar-refractivity contribution >= 4 is 16.9 Å². The summed E-state index contributed by atoms with van der Waals surface area (Å²) < 4.78 is 0. The number of imidazole rings is 1. The molecule has 3 heterocycles. The summed E-state index contributed by atoms with van der Waals surface area (Å²) in [6, 6.07) is 4.15. The van der Waals surface area contributed by atoms with Gasteiger partial charge in [0.15, 0.2) is 5.69 Å². The molecule has 7 nitrogen and oxygen atoms in total. The predicted octanol–water partition coefficient (Wildman–Crippen LogP) is 1.52. The lowest BCUT2D eigenvalue weighted by Crippen LogP contribution is -2.29. The standard InChI is InChI=1S/C18H22N6O/c1-10-3-4-13-16(11(10)2)22-15(21-13)6-8-20-18(25)17-12-5-7-19-9-14(12)23-24-17/h3-4,19H,5-9H2,1-2H3,(H,20,25)(H,21,22)(H,23,24). The van der Waals surface area contributed by atoms with Crippen LogP contribution in [0.3, 0.4) is 0 Å². The molecule has 4 N–H and O–H groups in total. The van der Waals surface area contributed by atoms with Gasteiger partial charge in [0.05, 0.1) is 16.7 Å². The first kappa shape index (κ1) is 15.8. The average Bonchev–Trinajstić information content (AvgIpc) is 3.22. The zero-order valence-corrected chi connectivity index (χ0v) is 14.5. The fraction of sp³-hybridized carbons (Fsp3) is 0.389. The van der Waals surface area contributed by atoms with E-state index in [-0.39, 0.29) is 5.91 Å². The van der Waals surface area contributed by atoms with Gasteiger partial charge in [0, 0.05) is 25.1 Å². The Morgan fingerprint density at radius 3 is 3.08 bits per heavy atom. The molecule has 1 amide bonds. The smallest absolute Gasteiger partial charge is 0.272 e. The molecule has 0 fully saturated rings. The van der Waals surface area contributed by atoms with Crippen molar-refractivity contribution < 1.29 is 4.79 Å². The van der Waals surface area contributed by atoms with Gasteiger partial charge < -0.3 is 15.6 Å². The van der Waals surface area contributed by atoms with E-state index in [1.165, 1.54) is 11.1 Å². The van der Waals surface area contributed by atoms with Crippen molar-refractivity contribution in [3.8, 4) is 0 Å². The second kappa shape index (κ2) is 6.33. The van der Waals surface area contributed by atoms with Crippen LogP contribution in [0, 0.1) is 13.8 Å². The van der Waals surface area contributed by atoms with Crippen LogP contribution in [0.4, 0.5) is 0 Å². The number of aromatic nitrogens is 4. The number of nitrogens with one attached hydrogen (secondary N) is 4. The van der Waals surface area contributed by atoms with Gasteiger partial charge in [0.2, 0.25) is 0 Å². The minimum absolute atomic E-state index is 0.123. The molecule has 0 aliphatic carbocycles. The first-order valence-electron chi connectivity index (χ1n) is 8.63. The second-order valence-electron chi connectivity index (χ2n) is 6.55. The first-order valence-corrected chi connectivity index (χ1v) is 8.63. The lowest BCUT2D eigenvalue weighted by atomic mass is 10.1. The fourth-order valence-electron chi connectivity index (χ4n) is 3.29. The summed E-state index contributed by atoms with van der Waals surface area (Å²) in [6.45, 7) is 6.32. The number of nitrogens with zero attached hydrogens (tertiary/aromatic N) is 2. The largest absolute Gasteiger partial charge is 0.350 e. The van der Waals surface area contributed by atoms with Crippen molar-refractivity contribution in [1.29, 1.82) is 0 Å². The van der Waals surface area contributed by atoms with Crippen molar-refractivity contribution in [2.45, 2.75) is 33.2 Å². The monoisotopic (exact) mass is 338 g/mol. The van der Waals surface area contributed by atoms with Gasteiger partial charge in [-0.3, -0.25) is 9.89 Å². The highest BCUT2D eigenvalue weighted by atomic mass is 16.1. The van der Waals surface area contributed by atoms with E-state index in [4.69, 9.17) is 0 Å². The lowest BCUT2D eigenvalue weighted by Gasteiger charge is -2.12. The van der Waals surface area contributed by atoms with Crippen LogP contribution >= 0.6 is 0 Å². The third-order valence-electron chi connectivity index (χ3n) is 4.90. The number of aromatic amines is 2. The Labute approximate surface area is 145 Å². The molecule has 7 heteroatoms. The Morgan fingerprint density at radius 2 is 2.20 bits per heavy atom. The Kier molecular flexibility index (Phi) is 4.01. The van der Waals surface area contributed by atoms with E-state index in [1.54, 1.807) is 0 Å². The molecule has 1 aliphatic rings. The van der Waals surface area contributed by atoms with Crippen LogP contribution in [0.1, 0.15) is 38.7 Å². The second-order valence-corrected chi connectivity index (χ2v) is 6.55. The van der Waals surface area contributed by atoms with Crippen molar-refractivity contribution in [3.05, 3.63) is 46.0 Å². The van der Waals surface area contributed by atoms with E-state index in [2.05, 4.69) is 56.8 Å². The van der Waals surface area contributed by atoms with Crippen molar-refractivity contribution in [2.24, 2.45) is 0 Å². The molecular formula is C18H22N6O. The molecule has 4 rings (SSSR count). The maximum absolute atomic E-state index is 12.4. The number of carbonyl (C=O) groups is 1. The van der Waals surface area contributed by atoms with Gasteiger partial charge in [-0.15, -0.1) is 0 Å². The third-order valence-corrected chi connectivity index (χ3v) is 4.90. The number of H-pyrrole nitrogens is 2. The van der Waals surface area contributed by atoms with Gasteiger partial charge in [-0.05, 0) is 44.0 Å². The lowest BCUT2D eigenvalue weighted by molar-refractivity contribution is 0.0948. The van der Waals surface area contributed by atoms with E-state index >= 15 is 0 Å². The van der Waals surface area contributed by atoms with Gasteiger partial charge in [-0.25, -0.2) is 4.98 Å². The minimum Gasteiger partial charge on any atom is -0.350 e. The molecule has 0 saturated heterocycles. The predicted molar refractivity (Wildman–Crippen MR) is 95.6 cm³/mol. The summed E-state index contributed by atoms with van der Waals surface area (Å²) >= 11 is 0. The van der Waals surface area contributed by atoms with E-state index in [1.807, 2.05) is 0 Å². The van der Waals surface area contributed by atoms with E-state index in [0.717, 1.165) is 47.6 Å². The maximum atomic E-state index is 12.4. The summed E-state index contributed by atoms with van der Waals surface area (Å²) in [4.78, 5) is 20.4. The number of amides is 1. The van der Waals surface area contributed by atoms with Crippen LogP contribution in [-0.4, -0.2) is 39.2 Å². The van der Waals surface area contributed by atoms with Gasteiger partial charge >= 0.3 is 0 Å². The van der Waals surface area contributed by atoms with Gasteiger partial charge in [-0.2, -0.15) is 5.10 Å². The summed E-state index contributed by atoms with van der Waals surface area (Å²) in [5.74, 6) is 0.764. The Hall–Kier alpha value is -2.67. The summed E-state index contributed by atoms with van der Waals surface area (Å²) in [5.41, 5.74) is 7.05. The first-order chi connectivity index (χ1) is 12.1. The molecule has 0 bridgehead atoms. The highest BCUT2D eigenvalue weighted by Gasteiger charge is 2.21. The molecular weight excluding hydrogens is 316 g/mol. The van der Waals surface area contributed by atoms with Crippen LogP contribution in [0.25, 0.3) is 11.0 Å². The number of rotatable bonds is 4. The molecule has 1 aromatic carbocycles. The van der Waals surface area contributed by atoms with Crippen LogP contribution in [0.15, 0.2) is 12.1 Å². The quantitative estimate of drug-likeness (QED) is 0.580. The molecule has 2 aromatic heterocycles. The number of hydrogen-bond donors (Lipinski definition) is 4. The normalized spacial score (nSPS) is 13.8.